The van der Waals surface area contributed by atoms with E-state index in [1.807, 2.05) is 49.1 Å². The summed E-state index contributed by atoms with van der Waals surface area (Å²) in [6.45, 7) is 4.52. The predicted octanol–water partition coefficient (Wildman–Crippen LogP) is 4.49. The molecule has 2 aromatic rings. The Morgan fingerprint density at radius 3 is 2.69 bits per heavy atom. The number of amides is 1. The Labute approximate surface area is 160 Å². The van der Waals surface area contributed by atoms with Crippen LogP contribution in [0.4, 0.5) is 0 Å². The van der Waals surface area contributed by atoms with Crippen LogP contribution in [-0.2, 0) is 6.54 Å². The minimum atomic E-state index is -0.560. The van der Waals surface area contributed by atoms with Crippen LogP contribution in [0.5, 0.6) is 5.75 Å². The summed E-state index contributed by atoms with van der Waals surface area (Å²) in [5, 5.41) is 9.89. The number of halogens is 1. The van der Waals surface area contributed by atoms with E-state index in [-0.39, 0.29) is 5.91 Å². The first-order valence-corrected chi connectivity index (χ1v) is 9.51. The summed E-state index contributed by atoms with van der Waals surface area (Å²) in [5.41, 5.74) is 4.35. The van der Waals surface area contributed by atoms with Crippen LogP contribution in [0.15, 0.2) is 48.0 Å². The van der Waals surface area contributed by atoms with Crippen LogP contribution in [0.3, 0.4) is 0 Å². The van der Waals surface area contributed by atoms with Gasteiger partial charge in [-0.1, -0.05) is 34.1 Å². The Bertz CT molecular complexity index is 1000. The van der Waals surface area contributed by atoms with E-state index < -0.39 is 5.60 Å². The third kappa shape index (κ3) is 2.45. The molecule has 0 saturated heterocycles. The minimum absolute atomic E-state index is 0.0138. The van der Waals surface area contributed by atoms with Crippen molar-refractivity contribution in [1.29, 1.82) is 5.26 Å². The number of carbonyl (C=O) groups excluding carboxylic acids is 1. The second kappa shape index (κ2) is 6.00. The molecule has 0 spiro atoms. The van der Waals surface area contributed by atoms with Crippen LogP contribution in [0, 0.1) is 11.3 Å². The Morgan fingerprint density at radius 1 is 1.23 bits per heavy atom. The summed E-state index contributed by atoms with van der Waals surface area (Å²) in [6, 6.07) is 15.2. The number of ether oxygens (including phenoxy) is 1. The maximum atomic E-state index is 13.1. The van der Waals surface area contributed by atoms with Crippen molar-refractivity contribution in [3.05, 3.63) is 70.3 Å². The van der Waals surface area contributed by atoms with Crippen molar-refractivity contribution >= 4 is 27.5 Å². The highest BCUT2D eigenvalue weighted by molar-refractivity contribution is 9.09. The van der Waals surface area contributed by atoms with E-state index in [0.29, 0.717) is 23.2 Å². The first-order chi connectivity index (χ1) is 12.5. The van der Waals surface area contributed by atoms with E-state index >= 15 is 0 Å². The van der Waals surface area contributed by atoms with Gasteiger partial charge in [0.1, 0.15) is 11.4 Å². The highest BCUT2D eigenvalue weighted by atomic mass is 79.9. The number of hydrogen-bond acceptors (Lipinski definition) is 3. The van der Waals surface area contributed by atoms with Crippen molar-refractivity contribution < 1.29 is 9.53 Å². The summed E-state index contributed by atoms with van der Waals surface area (Å²) < 4.78 is 6.19. The van der Waals surface area contributed by atoms with Gasteiger partial charge in [0.25, 0.3) is 5.91 Å². The molecule has 0 aliphatic carbocycles. The molecule has 0 aromatic heterocycles. The molecule has 2 aliphatic rings. The smallest absolute Gasteiger partial charge is 0.258 e. The molecule has 0 saturated carbocycles. The number of nitrogens with zero attached hydrogens (tertiary/aromatic N) is 2. The van der Waals surface area contributed by atoms with E-state index in [2.05, 4.69) is 22.0 Å². The second-order valence-corrected chi connectivity index (χ2v) is 7.51. The monoisotopic (exact) mass is 408 g/mol. The average Bonchev–Trinajstić information content (AvgIpc) is 2.96. The molecule has 130 valence electrons. The molecule has 4 rings (SSSR count). The van der Waals surface area contributed by atoms with Crippen LogP contribution >= 0.6 is 15.9 Å². The van der Waals surface area contributed by atoms with Gasteiger partial charge in [0.15, 0.2) is 0 Å². The summed E-state index contributed by atoms with van der Waals surface area (Å²) >= 11 is 3.58. The lowest BCUT2D eigenvalue weighted by Crippen LogP contribution is -2.39. The lowest BCUT2D eigenvalue weighted by atomic mass is 9.89. The zero-order valence-corrected chi connectivity index (χ0v) is 16.1. The first kappa shape index (κ1) is 16.9. The highest BCUT2D eigenvalue weighted by Gasteiger charge is 2.40. The summed E-state index contributed by atoms with van der Waals surface area (Å²) in [6.07, 6.45) is 0. The van der Waals surface area contributed by atoms with Gasteiger partial charge in [-0.15, -0.1) is 0 Å². The Balaban J connectivity index is 1.94. The predicted molar refractivity (Wildman–Crippen MR) is 103 cm³/mol. The molecular weight excluding hydrogens is 392 g/mol. The summed E-state index contributed by atoms with van der Waals surface area (Å²) in [5.74, 6) is 0.678. The molecule has 26 heavy (non-hydrogen) atoms. The van der Waals surface area contributed by atoms with Crippen molar-refractivity contribution in [2.24, 2.45) is 0 Å². The fraction of sp³-hybridized carbons (Fsp3) is 0.238. The van der Waals surface area contributed by atoms with Crippen molar-refractivity contribution in [2.75, 3.05) is 5.33 Å². The fourth-order valence-electron chi connectivity index (χ4n) is 3.63. The molecule has 0 radical (unpaired) electrons. The molecule has 2 aromatic carbocycles. The van der Waals surface area contributed by atoms with Gasteiger partial charge in [0.2, 0.25) is 0 Å². The van der Waals surface area contributed by atoms with Crippen LogP contribution in [-0.4, -0.2) is 21.7 Å². The number of alkyl halides is 1. The number of nitriles is 1. The van der Waals surface area contributed by atoms with Gasteiger partial charge < -0.3 is 9.64 Å². The van der Waals surface area contributed by atoms with Crippen molar-refractivity contribution in [3.8, 4) is 11.8 Å². The number of benzene rings is 2. The van der Waals surface area contributed by atoms with E-state index in [0.717, 1.165) is 28.0 Å². The lowest BCUT2D eigenvalue weighted by Gasteiger charge is -2.39. The molecule has 0 N–H and O–H groups in total. The molecule has 1 amide bonds. The molecule has 4 nitrogen and oxygen atoms in total. The Kier molecular flexibility index (Phi) is 3.89. The maximum absolute atomic E-state index is 13.1. The molecule has 0 fully saturated rings. The van der Waals surface area contributed by atoms with E-state index in [1.54, 1.807) is 12.1 Å². The molecular formula is C21H17BrN2O2. The molecule has 0 bridgehead atoms. The van der Waals surface area contributed by atoms with Gasteiger partial charge in [-0.05, 0) is 43.7 Å². The first-order valence-electron chi connectivity index (χ1n) is 8.39. The standard InChI is InChI=1S/C21H17BrN2O2/c1-21(2)17(10-22)19(16-9-13(11-23)7-8-18(16)26-21)24-12-14-5-3-4-6-15(14)20(24)25/h3-9H,10,12H2,1-2H3. The second-order valence-electron chi connectivity index (χ2n) is 6.94. The molecule has 2 aliphatic heterocycles. The largest absolute Gasteiger partial charge is 0.483 e. The number of carbonyl (C=O) groups is 1. The van der Waals surface area contributed by atoms with E-state index in [9.17, 15) is 10.1 Å². The molecule has 0 atom stereocenters. The third-order valence-corrected chi connectivity index (χ3v) is 5.53. The SMILES string of the molecule is CC1(C)Oc2ccc(C#N)cc2C(N2Cc3ccccc3C2=O)=C1CBr. The minimum Gasteiger partial charge on any atom is -0.483 e. The van der Waals surface area contributed by atoms with Gasteiger partial charge in [-0.25, -0.2) is 0 Å². The van der Waals surface area contributed by atoms with Crippen molar-refractivity contribution in [1.82, 2.24) is 4.90 Å². The van der Waals surface area contributed by atoms with Gasteiger partial charge >= 0.3 is 0 Å². The molecule has 0 unspecified atom stereocenters. The summed E-state index contributed by atoms with van der Waals surface area (Å²) in [7, 11) is 0. The van der Waals surface area contributed by atoms with Crippen LogP contribution in [0.1, 0.15) is 40.9 Å². The van der Waals surface area contributed by atoms with Gasteiger partial charge in [0, 0.05) is 22.0 Å². The summed E-state index contributed by atoms with van der Waals surface area (Å²) in [4.78, 5) is 14.9. The quantitative estimate of drug-likeness (QED) is 0.687. The molecule has 5 heteroatoms. The number of hydrogen-bond donors (Lipinski definition) is 0. The average molecular weight is 409 g/mol. The lowest BCUT2D eigenvalue weighted by molar-refractivity contribution is 0.0844. The van der Waals surface area contributed by atoms with Crippen LogP contribution in [0.25, 0.3) is 5.70 Å². The Morgan fingerprint density at radius 2 is 2.00 bits per heavy atom. The topological polar surface area (TPSA) is 53.3 Å². The van der Waals surface area contributed by atoms with Gasteiger partial charge in [-0.3, -0.25) is 4.79 Å². The van der Waals surface area contributed by atoms with Gasteiger partial charge in [0.05, 0.1) is 23.9 Å². The zero-order valence-electron chi connectivity index (χ0n) is 14.5. The maximum Gasteiger partial charge on any atom is 0.258 e. The number of rotatable bonds is 2. The zero-order chi connectivity index (χ0) is 18.5. The highest BCUT2D eigenvalue weighted by Crippen LogP contribution is 2.45. The normalized spacial score (nSPS) is 17.5. The fourth-order valence-corrected chi connectivity index (χ4v) is 4.57. The van der Waals surface area contributed by atoms with Crippen LogP contribution < -0.4 is 4.74 Å². The van der Waals surface area contributed by atoms with Crippen molar-refractivity contribution in [2.45, 2.75) is 26.0 Å². The van der Waals surface area contributed by atoms with Crippen LogP contribution in [0.2, 0.25) is 0 Å². The third-order valence-electron chi connectivity index (χ3n) is 4.97. The van der Waals surface area contributed by atoms with Gasteiger partial charge in [-0.2, -0.15) is 5.26 Å². The van der Waals surface area contributed by atoms with E-state index in [1.165, 1.54) is 0 Å². The molecule has 2 heterocycles. The Hall–Kier alpha value is -2.58. The van der Waals surface area contributed by atoms with E-state index in [4.69, 9.17) is 4.74 Å². The number of fused-ring (bicyclic) bond motifs is 2. The van der Waals surface area contributed by atoms with Crippen molar-refractivity contribution in [3.63, 3.8) is 0 Å².